The number of hydrogen-bond donors (Lipinski definition) is 2. The van der Waals surface area contributed by atoms with Gasteiger partial charge in [0, 0.05) is 11.3 Å². The Hall–Kier alpha value is -0.600. The zero-order chi connectivity index (χ0) is 12.6. The van der Waals surface area contributed by atoms with Gasteiger partial charge in [0.05, 0.1) is 6.10 Å². The lowest BCUT2D eigenvalue weighted by Gasteiger charge is -2.49. The van der Waals surface area contributed by atoms with Crippen molar-refractivity contribution in [2.45, 2.75) is 51.2 Å². The van der Waals surface area contributed by atoms with Gasteiger partial charge in [0.1, 0.15) is 5.60 Å². The molecule has 2 bridgehead atoms. The van der Waals surface area contributed by atoms with Crippen molar-refractivity contribution in [1.82, 2.24) is 0 Å². The highest BCUT2D eigenvalue weighted by molar-refractivity contribution is 5.42. The monoisotopic (exact) mass is 234 g/mol. The molecule has 0 spiro atoms. The van der Waals surface area contributed by atoms with Gasteiger partial charge in [-0.15, -0.1) is 0 Å². The molecule has 3 saturated carbocycles. The summed E-state index contributed by atoms with van der Waals surface area (Å²) in [6.07, 6.45) is 2.77. The molecule has 17 heavy (non-hydrogen) atoms. The fourth-order valence-corrected chi connectivity index (χ4v) is 5.25. The highest BCUT2D eigenvalue weighted by atomic mass is 16.3. The molecule has 0 aromatic heterocycles. The molecule has 0 heterocycles. The summed E-state index contributed by atoms with van der Waals surface area (Å²) in [5, 5.41) is 21.7. The van der Waals surface area contributed by atoms with Crippen molar-refractivity contribution in [3.63, 3.8) is 0 Å². The number of rotatable bonds is 0. The van der Waals surface area contributed by atoms with E-state index in [1.165, 1.54) is 0 Å². The molecule has 4 atom stereocenters. The van der Waals surface area contributed by atoms with Crippen LogP contribution < -0.4 is 0 Å². The zero-order valence-corrected chi connectivity index (χ0v) is 10.8. The smallest absolute Gasteiger partial charge is 0.100 e. The van der Waals surface area contributed by atoms with Gasteiger partial charge in [0.2, 0.25) is 0 Å². The molecule has 0 saturated heterocycles. The molecular formula is C15H22O2. The first kappa shape index (κ1) is 11.5. The van der Waals surface area contributed by atoms with Gasteiger partial charge in [-0.1, -0.05) is 32.6 Å². The Morgan fingerprint density at radius 2 is 1.94 bits per heavy atom. The van der Waals surface area contributed by atoms with Gasteiger partial charge < -0.3 is 10.2 Å². The van der Waals surface area contributed by atoms with E-state index >= 15 is 0 Å². The van der Waals surface area contributed by atoms with Crippen molar-refractivity contribution in [1.29, 1.82) is 0 Å². The summed E-state index contributed by atoms with van der Waals surface area (Å²) in [5.41, 5.74) is 0.645. The van der Waals surface area contributed by atoms with E-state index in [-0.39, 0.29) is 16.7 Å². The summed E-state index contributed by atoms with van der Waals surface area (Å²) in [7, 11) is 0. The predicted octanol–water partition coefficient (Wildman–Crippen LogP) is 2.42. The first-order chi connectivity index (χ1) is 7.76. The fourth-order valence-electron chi connectivity index (χ4n) is 5.25. The van der Waals surface area contributed by atoms with Crippen LogP contribution in [0.15, 0.2) is 24.3 Å². The Bertz CT molecular complexity index is 423. The average molecular weight is 234 g/mol. The first-order valence-corrected chi connectivity index (χ1v) is 6.52. The maximum absolute atomic E-state index is 11.2. The minimum absolute atomic E-state index is 0.00662. The molecule has 0 aliphatic heterocycles. The third-order valence-electron chi connectivity index (χ3n) is 5.64. The second kappa shape index (κ2) is 2.86. The van der Waals surface area contributed by atoms with Crippen molar-refractivity contribution < 1.29 is 10.2 Å². The Labute approximate surface area is 103 Å². The van der Waals surface area contributed by atoms with E-state index < -0.39 is 11.7 Å². The molecule has 94 valence electrons. The molecule has 0 unspecified atom stereocenters. The molecule has 3 fully saturated rings. The van der Waals surface area contributed by atoms with Gasteiger partial charge in [-0.05, 0) is 36.7 Å². The van der Waals surface area contributed by atoms with E-state index in [0.717, 1.165) is 30.4 Å². The first-order valence-electron chi connectivity index (χ1n) is 6.52. The minimum Gasteiger partial charge on any atom is -0.392 e. The van der Waals surface area contributed by atoms with Crippen LogP contribution in [0.1, 0.15) is 39.5 Å². The number of aliphatic hydroxyl groups excluding tert-OH is 1. The summed E-state index contributed by atoms with van der Waals surface area (Å²) >= 11 is 0. The van der Waals surface area contributed by atoms with Crippen molar-refractivity contribution in [3.8, 4) is 0 Å². The van der Waals surface area contributed by atoms with Crippen molar-refractivity contribution in [2.75, 3.05) is 0 Å². The summed E-state index contributed by atoms with van der Waals surface area (Å²) in [5.74, 6) is 0.0633. The number of hydrogen-bond acceptors (Lipinski definition) is 2. The van der Waals surface area contributed by atoms with Gasteiger partial charge in [0.25, 0.3) is 0 Å². The summed E-state index contributed by atoms with van der Waals surface area (Å²) < 4.78 is 0. The zero-order valence-electron chi connectivity index (χ0n) is 10.8. The van der Waals surface area contributed by atoms with Gasteiger partial charge in [-0.2, -0.15) is 0 Å². The van der Waals surface area contributed by atoms with Crippen molar-refractivity contribution >= 4 is 0 Å². The lowest BCUT2D eigenvalue weighted by atomic mass is 9.61. The van der Waals surface area contributed by atoms with Crippen LogP contribution in [0.25, 0.3) is 0 Å². The van der Waals surface area contributed by atoms with Crippen LogP contribution in [-0.2, 0) is 0 Å². The molecule has 0 amide bonds. The fraction of sp³-hybridized carbons (Fsp3) is 0.733. The maximum atomic E-state index is 11.2. The molecule has 2 N–H and O–H groups in total. The molecule has 2 nitrogen and oxygen atoms in total. The van der Waals surface area contributed by atoms with Crippen LogP contribution >= 0.6 is 0 Å². The summed E-state index contributed by atoms with van der Waals surface area (Å²) in [4.78, 5) is 0. The third-order valence-corrected chi connectivity index (χ3v) is 5.64. The summed E-state index contributed by atoms with van der Waals surface area (Å²) in [6, 6.07) is 0. The maximum Gasteiger partial charge on any atom is 0.100 e. The van der Waals surface area contributed by atoms with E-state index in [4.69, 9.17) is 0 Å². The normalized spacial score (nSPS) is 51.8. The van der Waals surface area contributed by atoms with Crippen LogP contribution in [0.3, 0.4) is 0 Å². The largest absolute Gasteiger partial charge is 0.392 e. The molecule has 2 heteroatoms. The van der Waals surface area contributed by atoms with Crippen LogP contribution in [0.5, 0.6) is 0 Å². The standard InChI is InChI=1S/C15H22O2/c1-9-7-11(16)14-6-5-10(2)15(14,17)12(9)13(3,4)8-14/h11-12,16-17H,1-2,5-8H2,3-4H3/t11-,12-,14-,15+/m1/s1. The second-order valence-electron chi connectivity index (χ2n) is 7.00. The lowest BCUT2D eigenvalue weighted by molar-refractivity contribution is -0.117. The van der Waals surface area contributed by atoms with E-state index in [2.05, 4.69) is 27.0 Å². The van der Waals surface area contributed by atoms with Crippen LogP contribution in [-0.4, -0.2) is 21.9 Å². The summed E-state index contributed by atoms with van der Waals surface area (Å²) in [6.45, 7) is 12.6. The molecule has 3 aliphatic carbocycles. The molecule has 0 aromatic carbocycles. The minimum atomic E-state index is -0.911. The Balaban J connectivity index is 2.25. The van der Waals surface area contributed by atoms with E-state index in [0.29, 0.717) is 6.42 Å². The molecule has 3 rings (SSSR count). The quantitative estimate of drug-likeness (QED) is 0.632. The second-order valence-corrected chi connectivity index (χ2v) is 7.00. The Morgan fingerprint density at radius 1 is 1.29 bits per heavy atom. The van der Waals surface area contributed by atoms with E-state index in [9.17, 15) is 10.2 Å². The van der Waals surface area contributed by atoms with Crippen LogP contribution in [0.2, 0.25) is 0 Å². The van der Waals surface area contributed by atoms with Gasteiger partial charge in [-0.3, -0.25) is 0 Å². The molecular weight excluding hydrogens is 212 g/mol. The van der Waals surface area contributed by atoms with E-state index in [1.807, 2.05) is 0 Å². The third kappa shape index (κ3) is 1.01. The van der Waals surface area contributed by atoms with Crippen molar-refractivity contribution in [2.24, 2.45) is 16.7 Å². The Morgan fingerprint density at radius 3 is 2.59 bits per heavy atom. The van der Waals surface area contributed by atoms with Gasteiger partial charge in [-0.25, -0.2) is 0 Å². The lowest BCUT2D eigenvalue weighted by Crippen LogP contribution is -2.55. The van der Waals surface area contributed by atoms with Crippen LogP contribution in [0.4, 0.5) is 0 Å². The van der Waals surface area contributed by atoms with E-state index in [1.54, 1.807) is 0 Å². The number of aliphatic hydroxyl groups is 2. The molecule has 0 aromatic rings. The van der Waals surface area contributed by atoms with Crippen molar-refractivity contribution in [3.05, 3.63) is 24.3 Å². The predicted molar refractivity (Wildman–Crippen MR) is 67.4 cm³/mol. The van der Waals surface area contributed by atoms with Gasteiger partial charge >= 0.3 is 0 Å². The van der Waals surface area contributed by atoms with Gasteiger partial charge in [0.15, 0.2) is 0 Å². The molecule has 3 aliphatic rings. The average Bonchev–Trinajstić information content (AvgIpc) is 2.50. The molecule has 0 radical (unpaired) electrons. The SMILES string of the molecule is C=C1C[C@@H](O)[C@]23CCC(=C)[C@]2(O)[C@H]1C(C)(C)C3. The van der Waals surface area contributed by atoms with Crippen LogP contribution in [0, 0.1) is 16.7 Å². The highest BCUT2D eigenvalue weighted by Gasteiger charge is 2.74. The topological polar surface area (TPSA) is 40.5 Å². The Kier molecular flexibility index (Phi) is 1.93. The highest BCUT2D eigenvalue weighted by Crippen LogP contribution is 2.73.